The van der Waals surface area contributed by atoms with Crippen LogP contribution in [0.15, 0.2) is 22.7 Å². The second-order valence-electron chi connectivity index (χ2n) is 4.53. The summed E-state index contributed by atoms with van der Waals surface area (Å²) in [4.78, 5) is 0. The van der Waals surface area contributed by atoms with E-state index in [0.717, 1.165) is 24.9 Å². The molecular weight excluding hydrogens is 302 g/mol. The minimum Gasteiger partial charge on any atom is -0.326 e. The summed E-state index contributed by atoms with van der Waals surface area (Å²) in [5, 5.41) is 0. The van der Waals surface area contributed by atoms with Crippen LogP contribution >= 0.6 is 25.3 Å². The van der Waals surface area contributed by atoms with E-state index in [2.05, 4.69) is 30.0 Å². The molecule has 0 aliphatic carbocycles. The molecule has 3 unspecified atom stereocenters. The smallest absolute Gasteiger partial charge is 0.140 e. The molecule has 0 bridgehead atoms. The van der Waals surface area contributed by atoms with E-state index in [-0.39, 0.29) is 17.9 Å². The van der Waals surface area contributed by atoms with Gasteiger partial charge in [-0.15, -0.1) is 0 Å². The van der Waals surface area contributed by atoms with Crippen molar-refractivity contribution < 1.29 is 4.39 Å². The zero-order valence-corrected chi connectivity index (χ0v) is 12.3. The molecule has 1 aliphatic rings. The van der Waals surface area contributed by atoms with Crippen LogP contribution in [-0.2, 0) is 6.42 Å². The van der Waals surface area contributed by atoms with Gasteiger partial charge in [0.05, 0.1) is 4.47 Å². The van der Waals surface area contributed by atoms with Crippen molar-refractivity contribution in [1.29, 1.82) is 0 Å². The molecule has 2 nitrogen and oxygen atoms in total. The summed E-state index contributed by atoms with van der Waals surface area (Å²) < 4.78 is 16.6. The number of rotatable bonds is 2. The molecule has 0 spiro atoms. The Kier molecular flexibility index (Phi) is 4.53. The lowest BCUT2D eigenvalue weighted by Crippen LogP contribution is -2.49. The summed E-state index contributed by atoms with van der Waals surface area (Å²) in [6.07, 6.45) is 2.79. The molecule has 1 heterocycles. The fourth-order valence-electron chi connectivity index (χ4n) is 2.31. The van der Waals surface area contributed by atoms with Crippen molar-refractivity contribution in [3.05, 3.63) is 34.1 Å². The third-order valence-corrected chi connectivity index (χ3v) is 4.59. The summed E-state index contributed by atoms with van der Waals surface area (Å²) in [6, 6.07) is 5.75. The number of nitrogens with zero attached hydrogens (tertiary/aromatic N) is 1. The van der Waals surface area contributed by atoms with Crippen LogP contribution in [0.2, 0.25) is 0 Å². The summed E-state index contributed by atoms with van der Waals surface area (Å²) >= 11 is 3.22. The first-order valence-corrected chi connectivity index (χ1v) is 7.10. The van der Waals surface area contributed by atoms with Crippen molar-refractivity contribution in [2.75, 3.05) is 6.54 Å². The average Bonchev–Trinajstić information content (AvgIpc) is 2.29. The maximum absolute atomic E-state index is 13.9. The first-order chi connectivity index (χ1) is 8.09. The van der Waals surface area contributed by atoms with Crippen molar-refractivity contribution in [3.63, 3.8) is 0 Å². The van der Waals surface area contributed by atoms with Gasteiger partial charge in [-0.2, -0.15) is 0 Å². The fraction of sp³-hybridized carbons (Fsp3) is 0.500. The molecule has 2 rings (SSSR count). The molecule has 2 N–H and O–H groups in total. The fourth-order valence-corrected chi connectivity index (χ4v) is 3.23. The predicted octanol–water partition coefficient (Wildman–Crippen LogP) is 2.71. The number of piperidine rings is 1. The SMILES string of the molecule is NC1CCCN(P)C1Cc1cccc(Br)c1F. The van der Waals surface area contributed by atoms with Crippen LogP contribution < -0.4 is 5.73 Å². The Hall–Kier alpha value is -0.0200. The van der Waals surface area contributed by atoms with E-state index in [1.165, 1.54) is 0 Å². The van der Waals surface area contributed by atoms with Gasteiger partial charge in [0.2, 0.25) is 0 Å². The molecular formula is C12H17BrFN2P. The Morgan fingerprint density at radius 3 is 3.00 bits per heavy atom. The van der Waals surface area contributed by atoms with Gasteiger partial charge < -0.3 is 5.73 Å². The quantitative estimate of drug-likeness (QED) is 0.850. The van der Waals surface area contributed by atoms with Crippen LogP contribution in [0.5, 0.6) is 0 Å². The lowest BCUT2D eigenvalue weighted by Gasteiger charge is -2.37. The monoisotopic (exact) mass is 318 g/mol. The first kappa shape index (κ1) is 13.4. The van der Waals surface area contributed by atoms with Gasteiger partial charge in [0.25, 0.3) is 0 Å². The largest absolute Gasteiger partial charge is 0.326 e. The maximum atomic E-state index is 13.9. The van der Waals surface area contributed by atoms with Gasteiger partial charge in [-0.05, 0) is 46.8 Å². The van der Waals surface area contributed by atoms with Crippen LogP contribution in [0.25, 0.3) is 0 Å². The van der Waals surface area contributed by atoms with Crippen LogP contribution in [-0.4, -0.2) is 23.3 Å². The van der Waals surface area contributed by atoms with Gasteiger partial charge >= 0.3 is 0 Å². The number of nitrogens with two attached hydrogens (primary N) is 1. The standard InChI is InChI=1S/C12H17BrFN2P/c13-9-4-1-3-8(12(9)14)7-11-10(15)5-2-6-16(11)17/h1,3-4,10-11H,2,5-7,15,17H2. The topological polar surface area (TPSA) is 29.3 Å². The highest BCUT2D eigenvalue weighted by Gasteiger charge is 2.27. The summed E-state index contributed by atoms with van der Waals surface area (Å²) in [5.41, 5.74) is 6.85. The van der Waals surface area contributed by atoms with Crippen molar-refractivity contribution in [3.8, 4) is 0 Å². The number of halogens is 2. The van der Waals surface area contributed by atoms with E-state index < -0.39 is 0 Å². The van der Waals surface area contributed by atoms with E-state index in [1.54, 1.807) is 6.07 Å². The van der Waals surface area contributed by atoms with Gasteiger partial charge in [0.1, 0.15) is 5.82 Å². The Bertz CT molecular complexity index is 392. The molecule has 1 fully saturated rings. The lowest BCUT2D eigenvalue weighted by atomic mass is 9.93. The molecule has 1 aromatic rings. The Labute approximate surface area is 112 Å². The van der Waals surface area contributed by atoms with Crippen molar-refractivity contribution >= 4 is 25.3 Å². The molecule has 0 aromatic heterocycles. The zero-order valence-electron chi connectivity index (χ0n) is 9.57. The molecule has 1 aliphatic heterocycles. The Morgan fingerprint density at radius 1 is 1.53 bits per heavy atom. The predicted molar refractivity (Wildman–Crippen MR) is 75.2 cm³/mol. The molecule has 5 heteroatoms. The van der Waals surface area contributed by atoms with Crippen LogP contribution in [0.3, 0.4) is 0 Å². The lowest BCUT2D eigenvalue weighted by molar-refractivity contribution is 0.236. The minimum atomic E-state index is -0.163. The highest BCUT2D eigenvalue weighted by atomic mass is 79.9. The summed E-state index contributed by atoms with van der Waals surface area (Å²) in [7, 11) is 2.71. The highest BCUT2D eigenvalue weighted by Crippen LogP contribution is 2.26. The second-order valence-corrected chi connectivity index (χ2v) is 6.05. The van der Waals surface area contributed by atoms with E-state index in [1.807, 2.05) is 12.1 Å². The summed E-state index contributed by atoms with van der Waals surface area (Å²) in [5.74, 6) is -0.163. The van der Waals surface area contributed by atoms with Gasteiger partial charge in [-0.25, -0.2) is 4.39 Å². The van der Waals surface area contributed by atoms with Crippen molar-refractivity contribution in [1.82, 2.24) is 4.67 Å². The van der Waals surface area contributed by atoms with Gasteiger partial charge in [-0.3, -0.25) is 4.67 Å². The van der Waals surface area contributed by atoms with Crippen LogP contribution in [0.1, 0.15) is 18.4 Å². The van der Waals surface area contributed by atoms with Crippen LogP contribution in [0.4, 0.5) is 4.39 Å². The maximum Gasteiger partial charge on any atom is 0.140 e. The highest BCUT2D eigenvalue weighted by molar-refractivity contribution is 9.10. The number of hydrogen-bond acceptors (Lipinski definition) is 2. The Balaban J connectivity index is 2.16. The van der Waals surface area contributed by atoms with Gasteiger partial charge in [0.15, 0.2) is 0 Å². The van der Waals surface area contributed by atoms with Gasteiger partial charge in [0, 0.05) is 18.6 Å². The van der Waals surface area contributed by atoms with Crippen molar-refractivity contribution in [2.24, 2.45) is 5.73 Å². The molecule has 0 amide bonds. The molecule has 0 radical (unpaired) electrons. The normalized spacial score (nSPS) is 26.1. The van der Waals surface area contributed by atoms with E-state index in [4.69, 9.17) is 5.73 Å². The molecule has 17 heavy (non-hydrogen) atoms. The third-order valence-electron chi connectivity index (χ3n) is 3.33. The molecule has 1 aromatic carbocycles. The zero-order chi connectivity index (χ0) is 12.4. The first-order valence-electron chi connectivity index (χ1n) is 5.79. The number of hydrogen-bond donors (Lipinski definition) is 1. The third kappa shape index (κ3) is 3.05. The molecule has 0 saturated carbocycles. The summed E-state index contributed by atoms with van der Waals surface area (Å²) in [6.45, 7) is 1.01. The van der Waals surface area contributed by atoms with E-state index in [9.17, 15) is 4.39 Å². The average molecular weight is 319 g/mol. The second kappa shape index (κ2) is 5.75. The molecule has 94 valence electrons. The Morgan fingerprint density at radius 2 is 2.29 bits per heavy atom. The van der Waals surface area contributed by atoms with Crippen LogP contribution in [0, 0.1) is 5.82 Å². The molecule has 1 saturated heterocycles. The molecule has 3 atom stereocenters. The van der Waals surface area contributed by atoms with E-state index >= 15 is 0 Å². The van der Waals surface area contributed by atoms with E-state index in [0.29, 0.717) is 10.9 Å². The van der Waals surface area contributed by atoms with Crippen molar-refractivity contribution in [2.45, 2.75) is 31.3 Å². The van der Waals surface area contributed by atoms with Gasteiger partial charge in [-0.1, -0.05) is 21.5 Å². The number of benzene rings is 1. The minimum absolute atomic E-state index is 0.125.